The molecule has 0 saturated heterocycles. The van der Waals surface area contributed by atoms with E-state index in [-0.39, 0.29) is 12.2 Å². The third-order valence-corrected chi connectivity index (χ3v) is 3.46. The lowest BCUT2D eigenvalue weighted by atomic mass is 10.2. The van der Waals surface area contributed by atoms with Crippen LogP contribution in [0.5, 0.6) is 0 Å². The first-order valence-electron chi connectivity index (χ1n) is 5.58. The summed E-state index contributed by atoms with van der Waals surface area (Å²) in [6.07, 6.45) is 0. The molecule has 1 N–H and O–H groups in total. The van der Waals surface area contributed by atoms with E-state index in [0.29, 0.717) is 10.6 Å². The summed E-state index contributed by atoms with van der Waals surface area (Å²) in [5, 5.41) is 14.3. The van der Waals surface area contributed by atoms with Gasteiger partial charge in [-0.15, -0.1) is 0 Å². The molecule has 0 radical (unpaired) electrons. The zero-order valence-electron chi connectivity index (χ0n) is 10.1. The van der Waals surface area contributed by atoms with Crippen LogP contribution in [0.25, 0.3) is 0 Å². The minimum atomic E-state index is -0.633. The summed E-state index contributed by atoms with van der Waals surface area (Å²) in [5.41, 5.74) is 0.983. The summed E-state index contributed by atoms with van der Waals surface area (Å²) in [7, 11) is 0. The van der Waals surface area contributed by atoms with Crippen LogP contribution in [-0.4, -0.2) is 4.92 Å². The molecule has 0 atom stereocenters. The standard InChI is InChI=1S/C13H9BrClFN2O2/c14-12-5-9(15)1-2-13(12)17-7-8-3-10(16)6-11(4-8)18(19)20/h1-6,17H,7H2. The van der Waals surface area contributed by atoms with Crippen LogP contribution in [0.1, 0.15) is 5.56 Å². The van der Waals surface area contributed by atoms with Gasteiger partial charge in [-0.2, -0.15) is 0 Å². The molecule has 7 heteroatoms. The number of rotatable bonds is 4. The fourth-order valence-corrected chi connectivity index (χ4v) is 2.49. The Morgan fingerprint density at radius 1 is 1.30 bits per heavy atom. The molecule has 0 aliphatic heterocycles. The predicted molar refractivity (Wildman–Crippen MR) is 79.5 cm³/mol. The van der Waals surface area contributed by atoms with Crippen molar-refractivity contribution in [1.82, 2.24) is 0 Å². The molecule has 0 aromatic heterocycles. The quantitative estimate of drug-likeness (QED) is 0.632. The van der Waals surface area contributed by atoms with Crippen LogP contribution in [0.4, 0.5) is 15.8 Å². The maximum Gasteiger partial charge on any atom is 0.272 e. The monoisotopic (exact) mass is 358 g/mol. The Morgan fingerprint density at radius 2 is 2.05 bits per heavy atom. The van der Waals surface area contributed by atoms with E-state index < -0.39 is 10.7 Å². The molecule has 2 aromatic rings. The van der Waals surface area contributed by atoms with Crippen molar-refractivity contribution >= 4 is 38.9 Å². The first kappa shape index (κ1) is 14.7. The lowest BCUT2D eigenvalue weighted by Gasteiger charge is -2.09. The second kappa shape index (κ2) is 6.19. The molecule has 0 heterocycles. The van der Waals surface area contributed by atoms with E-state index in [1.807, 2.05) is 0 Å². The lowest BCUT2D eigenvalue weighted by molar-refractivity contribution is -0.385. The van der Waals surface area contributed by atoms with Crippen LogP contribution < -0.4 is 5.32 Å². The van der Waals surface area contributed by atoms with Crippen molar-refractivity contribution in [2.24, 2.45) is 0 Å². The van der Waals surface area contributed by atoms with Gasteiger partial charge in [0.25, 0.3) is 5.69 Å². The summed E-state index contributed by atoms with van der Waals surface area (Å²) in [6, 6.07) is 8.67. The van der Waals surface area contributed by atoms with E-state index >= 15 is 0 Å². The highest BCUT2D eigenvalue weighted by atomic mass is 79.9. The Hall–Kier alpha value is -1.66. The van der Waals surface area contributed by atoms with Gasteiger partial charge < -0.3 is 5.32 Å². The molecule has 0 aliphatic rings. The molecule has 0 amide bonds. The molecule has 20 heavy (non-hydrogen) atoms. The second-order valence-corrected chi connectivity index (χ2v) is 5.34. The van der Waals surface area contributed by atoms with Crippen molar-refractivity contribution in [1.29, 1.82) is 0 Å². The number of nitrogens with one attached hydrogen (secondary N) is 1. The topological polar surface area (TPSA) is 55.2 Å². The fraction of sp³-hybridized carbons (Fsp3) is 0.0769. The summed E-state index contributed by atoms with van der Waals surface area (Å²) in [6.45, 7) is 0.263. The largest absolute Gasteiger partial charge is 0.380 e. The number of anilines is 1. The average molecular weight is 360 g/mol. The van der Waals surface area contributed by atoms with Crippen LogP contribution in [0.2, 0.25) is 5.02 Å². The molecular weight excluding hydrogens is 351 g/mol. The highest BCUT2D eigenvalue weighted by Crippen LogP contribution is 2.26. The highest BCUT2D eigenvalue weighted by molar-refractivity contribution is 9.10. The van der Waals surface area contributed by atoms with Gasteiger partial charge >= 0.3 is 0 Å². The Balaban J connectivity index is 2.16. The van der Waals surface area contributed by atoms with Crippen LogP contribution in [0.3, 0.4) is 0 Å². The number of benzene rings is 2. The van der Waals surface area contributed by atoms with Crippen molar-refractivity contribution in [2.75, 3.05) is 5.32 Å². The van der Waals surface area contributed by atoms with E-state index in [1.54, 1.807) is 18.2 Å². The van der Waals surface area contributed by atoms with Gasteiger partial charge in [0.1, 0.15) is 5.82 Å². The van der Waals surface area contributed by atoms with Crippen molar-refractivity contribution in [3.05, 3.63) is 67.4 Å². The second-order valence-electron chi connectivity index (χ2n) is 4.05. The molecule has 0 unspecified atom stereocenters. The van der Waals surface area contributed by atoms with E-state index in [4.69, 9.17) is 11.6 Å². The molecule has 0 saturated carbocycles. The van der Waals surface area contributed by atoms with Gasteiger partial charge in [-0.25, -0.2) is 4.39 Å². The van der Waals surface area contributed by atoms with Crippen LogP contribution in [0.15, 0.2) is 40.9 Å². The minimum Gasteiger partial charge on any atom is -0.380 e. The van der Waals surface area contributed by atoms with Gasteiger partial charge in [-0.3, -0.25) is 10.1 Å². The molecule has 104 valence electrons. The Morgan fingerprint density at radius 3 is 2.70 bits per heavy atom. The summed E-state index contributed by atoms with van der Waals surface area (Å²) in [4.78, 5) is 10.0. The molecule has 0 bridgehead atoms. The third-order valence-electron chi connectivity index (χ3n) is 2.57. The van der Waals surface area contributed by atoms with Crippen LogP contribution >= 0.6 is 27.5 Å². The van der Waals surface area contributed by atoms with Gasteiger partial charge in [-0.05, 0) is 45.8 Å². The van der Waals surface area contributed by atoms with Crippen molar-refractivity contribution in [3.63, 3.8) is 0 Å². The molecule has 2 rings (SSSR count). The van der Waals surface area contributed by atoms with Gasteiger partial charge in [0.2, 0.25) is 0 Å². The Kier molecular flexibility index (Phi) is 4.57. The van der Waals surface area contributed by atoms with Crippen molar-refractivity contribution in [3.8, 4) is 0 Å². The highest BCUT2D eigenvalue weighted by Gasteiger charge is 2.10. The summed E-state index contributed by atoms with van der Waals surface area (Å²) >= 11 is 9.17. The van der Waals surface area contributed by atoms with Crippen molar-refractivity contribution in [2.45, 2.75) is 6.54 Å². The van der Waals surface area contributed by atoms with Gasteiger partial charge in [0, 0.05) is 27.8 Å². The van der Waals surface area contributed by atoms with E-state index in [0.717, 1.165) is 16.2 Å². The first-order valence-corrected chi connectivity index (χ1v) is 6.75. The lowest BCUT2D eigenvalue weighted by Crippen LogP contribution is -2.01. The van der Waals surface area contributed by atoms with Crippen LogP contribution in [0, 0.1) is 15.9 Å². The molecule has 0 spiro atoms. The van der Waals surface area contributed by atoms with E-state index in [1.165, 1.54) is 12.1 Å². The number of hydrogen-bond donors (Lipinski definition) is 1. The number of nitro benzene ring substituents is 1. The minimum absolute atomic E-state index is 0.263. The molecule has 0 fully saturated rings. The third kappa shape index (κ3) is 3.68. The molecule has 0 aliphatic carbocycles. The normalized spacial score (nSPS) is 10.3. The zero-order chi connectivity index (χ0) is 14.7. The molecular formula is C13H9BrClFN2O2. The zero-order valence-corrected chi connectivity index (χ0v) is 12.4. The number of nitrogens with zero attached hydrogens (tertiary/aromatic N) is 1. The Labute approximate surface area is 127 Å². The maximum absolute atomic E-state index is 13.3. The molecule has 2 aromatic carbocycles. The summed E-state index contributed by atoms with van der Waals surface area (Å²) < 4.78 is 14.0. The first-order chi connectivity index (χ1) is 9.45. The number of nitro groups is 1. The number of non-ortho nitro benzene ring substituents is 1. The van der Waals surface area contributed by atoms with Crippen LogP contribution in [-0.2, 0) is 6.54 Å². The summed E-state index contributed by atoms with van der Waals surface area (Å²) in [5.74, 6) is -0.633. The number of hydrogen-bond acceptors (Lipinski definition) is 3. The Bertz CT molecular complexity index is 667. The van der Waals surface area contributed by atoms with Crippen molar-refractivity contribution < 1.29 is 9.31 Å². The maximum atomic E-state index is 13.3. The van der Waals surface area contributed by atoms with Gasteiger partial charge in [-0.1, -0.05) is 11.6 Å². The SMILES string of the molecule is O=[N+]([O-])c1cc(F)cc(CNc2ccc(Cl)cc2Br)c1. The van der Waals surface area contributed by atoms with Gasteiger partial charge in [0.15, 0.2) is 0 Å². The average Bonchev–Trinajstić information content (AvgIpc) is 2.37. The van der Waals surface area contributed by atoms with E-state index in [9.17, 15) is 14.5 Å². The smallest absolute Gasteiger partial charge is 0.272 e. The van der Waals surface area contributed by atoms with E-state index in [2.05, 4.69) is 21.2 Å². The fourth-order valence-electron chi connectivity index (χ4n) is 1.67. The predicted octanol–water partition coefficient (Wildman–Crippen LogP) is 4.76. The number of halogens is 3. The molecule has 4 nitrogen and oxygen atoms in total. The van der Waals surface area contributed by atoms with Gasteiger partial charge in [0.05, 0.1) is 11.0 Å².